The van der Waals surface area contributed by atoms with Crippen molar-refractivity contribution in [2.45, 2.75) is 19.4 Å². The molecular weight excluding hydrogens is 182 g/mol. The van der Waals surface area contributed by atoms with Crippen molar-refractivity contribution < 1.29 is 14.6 Å². The molecule has 4 heteroatoms. The molecule has 0 saturated heterocycles. The smallest absolute Gasteiger partial charge is 0.342 e. The van der Waals surface area contributed by atoms with Gasteiger partial charge in [0.25, 0.3) is 0 Å². The van der Waals surface area contributed by atoms with Gasteiger partial charge in [0.15, 0.2) is 11.4 Å². The molecule has 0 saturated carbocycles. The molecule has 1 aromatic carbocycles. The highest BCUT2D eigenvalue weighted by Crippen LogP contribution is 2.21. The second-order valence-corrected chi connectivity index (χ2v) is 3.49. The fraction of sp³-hybridized carbons (Fsp3) is 0.300. The first-order chi connectivity index (χ1) is 6.41. The molecule has 0 bridgehead atoms. The van der Waals surface area contributed by atoms with E-state index in [2.05, 4.69) is 0 Å². The molecule has 14 heavy (non-hydrogen) atoms. The van der Waals surface area contributed by atoms with Crippen LogP contribution in [0.1, 0.15) is 13.8 Å². The van der Waals surface area contributed by atoms with Gasteiger partial charge in [0.05, 0.1) is 5.69 Å². The van der Waals surface area contributed by atoms with E-state index < -0.39 is 11.6 Å². The highest BCUT2D eigenvalue weighted by Gasteiger charge is 2.26. The van der Waals surface area contributed by atoms with Crippen molar-refractivity contribution in [3.8, 4) is 5.75 Å². The lowest BCUT2D eigenvalue weighted by atomic mass is 10.1. The average molecular weight is 195 g/mol. The first-order valence-electron chi connectivity index (χ1n) is 4.20. The van der Waals surface area contributed by atoms with Gasteiger partial charge in [0.1, 0.15) is 0 Å². The van der Waals surface area contributed by atoms with E-state index in [0.29, 0.717) is 5.69 Å². The molecule has 0 spiro atoms. The average Bonchev–Trinajstić information content (AvgIpc) is 2.07. The summed E-state index contributed by atoms with van der Waals surface area (Å²) in [6.45, 7) is 2.71. The standard InChI is InChI=1S/C10H13NO3/c1-10(2,13)9(12)14-8-6-4-3-5-7(8)11/h3-6,13H,11H2,1-2H3. The van der Waals surface area contributed by atoms with Gasteiger partial charge in [-0.25, -0.2) is 4.79 Å². The van der Waals surface area contributed by atoms with Crippen LogP contribution in [0.15, 0.2) is 24.3 Å². The van der Waals surface area contributed by atoms with Crippen LogP contribution >= 0.6 is 0 Å². The van der Waals surface area contributed by atoms with Crippen LogP contribution in [-0.2, 0) is 4.79 Å². The number of benzene rings is 1. The molecule has 0 aliphatic carbocycles. The van der Waals surface area contributed by atoms with Gasteiger partial charge < -0.3 is 15.6 Å². The summed E-state index contributed by atoms with van der Waals surface area (Å²) >= 11 is 0. The van der Waals surface area contributed by atoms with Crippen LogP contribution in [-0.4, -0.2) is 16.7 Å². The number of rotatable bonds is 2. The zero-order chi connectivity index (χ0) is 10.8. The minimum absolute atomic E-state index is 0.264. The molecule has 3 N–H and O–H groups in total. The fourth-order valence-electron chi connectivity index (χ4n) is 0.798. The molecule has 0 heterocycles. The second kappa shape index (κ2) is 3.67. The van der Waals surface area contributed by atoms with E-state index in [4.69, 9.17) is 10.5 Å². The zero-order valence-corrected chi connectivity index (χ0v) is 8.15. The lowest BCUT2D eigenvalue weighted by Gasteiger charge is -2.15. The minimum atomic E-state index is -1.51. The number of ether oxygens (including phenoxy) is 1. The number of hydrogen-bond donors (Lipinski definition) is 2. The van der Waals surface area contributed by atoms with E-state index in [-0.39, 0.29) is 5.75 Å². The van der Waals surface area contributed by atoms with Gasteiger partial charge in [-0.3, -0.25) is 0 Å². The predicted molar refractivity (Wildman–Crippen MR) is 52.8 cm³/mol. The van der Waals surface area contributed by atoms with Crippen LogP contribution in [0.3, 0.4) is 0 Å². The molecule has 0 aliphatic rings. The number of anilines is 1. The van der Waals surface area contributed by atoms with Crippen LogP contribution in [0.5, 0.6) is 5.75 Å². The van der Waals surface area contributed by atoms with Crippen LogP contribution in [0.25, 0.3) is 0 Å². The number of nitrogens with two attached hydrogens (primary N) is 1. The van der Waals surface area contributed by atoms with E-state index in [1.54, 1.807) is 24.3 Å². The van der Waals surface area contributed by atoms with Crippen molar-refractivity contribution in [1.29, 1.82) is 0 Å². The number of esters is 1. The van der Waals surface area contributed by atoms with E-state index in [1.165, 1.54) is 13.8 Å². The summed E-state index contributed by atoms with van der Waals surface area (Å²) in [5.74, 6) is -0.463. The molecular formula is C10H13NO3. The summed E-state index contributed by atoms with van der Waals surface area (Å²) in [5, 5.41) is 9.32. The van der Waals surface area contributed by atoms with Gasteiger partial charge >= 0.3 is 5.97 Å². The molecule has 76 valence electrons. The summed E-state index contributed by atoms with van der Waals surface area (Å²) in [6.07, 6.45) is 0. The molecule has 0 amide bonds. The number of para-hydroxylation sites is 2. The quantitative estimate of drug-likeness (QED) is 0.418. The molecule has 1 rings (SSSR count). The summed E-state index contributed by atoms with van der Waals surface area (Å²) in [7, 11) is 0. The van der Waals surface area contributed by atoms with Gasteiger partial charge in [-0.05, 0) is 26.0 Å². The van der Waals surface area contributed by atoms with Crippen molar-refractivity contribution in [2.75, 3.05) is 5.73 Å². The van der Waals surface area contributed by atoms with Gasteiger partial charge in [0.2, 0.25) is 0 Å². The number of hydrogen-bond acceptors (Lipinski definition) is 4. The monoisotopic (exact) mass is 195 g/mol. The highest BCUT2D eigenvalue weighted by molar-refractivity contribution is 5.81. The van der Waals surface area contributed by atoms with E-state index >= 15 is 0 Å². The third kappa shape index (κ3) is 2.47. The number of nitrogen functional groups attached to an aromatic ring is 1. The maximum atomic E-state index is 11.3. The Morgan fingerprint density at radius 1 is 1.43 bits per heavy atom. The fourth-order valence-corrected chi connectivity index (χ4v) is 0.798. The summed E-state index contributed by atoms with van der Waals surface area (Å²) in [5.41, 5.74) is 4.41. The van der Waals surface area contributed by atoms with Crippen LogP contribution in [0.4, 0.5) is 5.69 Å². The molecule has 0 atom stereocenters. The predicted octanol–water partition coefficient (Wildman–Crippen LogP) is 0.945. The number of carbonyl (C=O) groups excluding carboxylic acids is 1. The van der Waals surface area contributed by atoms with Crippen LogP contribution < -0.4 is 10.5 Å². The third-order valence-corrected chi connectivity index (χ3v) is 1.62. The minimum Gasteiger partial charge on any atom is -0.422 e. The molecule has 0 radical (unpaired) electrons. The van der Waals surface area contributed by atoms with Gasteiger partial charge in [-0.1, -0.05) is 12.1 Å². The molecule has 0 aliphatic heterocycles. The molecule has 0 aromatic heterocycles. The maximum absolute atomic E-state index is 11.3. The summed E-state index contributed by atoms with van der Waals surface area (Å²) < 4.78 is 4.90. The number of carbonyl (C=O) groups is 1. The van der Waals surface area contributed by atoms with Crippen molar-refractivity contribution in [1.82, 2.24) is 0 Å². The van der Waals surface area contributed by atoms with Crippen molar-refractivity contribution in [3.05, 3.63) is 24.3 Å². The largest absolute Gasteiger partial charge is 0.422 e. The third-order valence-electron chi connectivity index (χ3n) is 1.62. The summed E-state index contributed by atoms with van der Waals surface area (Å²) in [6, 6.07) is 6.62. The van der Waals surface area contributed by atoms with Gasteiger partial charge in [-0.15, -0.1) is 0 Å². The topological polar surface area (TPSA) is 72.5 Å². The van der Waals surface area contributed by atoms with Crippen molar-refractivity contribution in [3.63, 3.8) is 0 Å². The first-order valence-corrected chi connectivity index (χ1v) is 4.20. The highest BCUT2D eigenvalue weighted by atomic mass is 16.6. The number of aliphatic hydroxyl groups is 1. The zero-order valence-electron chi connectivity index (χ0n) is 8.15. The lowest BCUT2D eigenvalue weighted by molar-refractivity contribution is -0.151. The van der Waals surface area contributed by atoms with Crippen molar-refractivity contribution >= 4 is 11.7 Å². The SMILES string of the molecule is CC(C)(O)C(=O)Oc1ccccc1N. The Labute approximate surface area is 82.3 Å². The Morgan fingerprint density at radius 2 is 2.00 bits per heavy atom. The second-order valence-electron chi connectivity index (χ2n) is 3.49. The van der Waals surface area contributed by atoms with Crippen LogP contribution in [0.2, 0.25) is 0 Å². The summed E-state index contributed by atoms with van der Waals surface area (Å²) in [4.78, 5) is 11.3. The van der Waals surface area contributed by atoms with E-state index in [1.807, 2.05) is 0 Å². The molecule has 0 unspecified atom stereocenters. The van der Waals surface area contributed by atoms with Gasteiger partial charge in [0, 0.05) is 0 Å². The normalized spacial score (nSPS) is 11.1. The lowest BCUT2D eigenvalue weighted by Crippen LogP contribution is -2.35. The Hall–Kier alpha value is -1.55. The first kappa shape index (κ1) is 10.5. The molecule has 0 fully saturated rings. The van der Waals surface area contributed by atoms with Crippen molar-refractivity contribution in [2.24, 2.45) is 0 Å². The Morgan fingerprint density at radius 3 is 2.50 bits per heavy atom. The molecule has 4 nitrogen and oxygen atoms in total. The van der Waals surface area contributed by atoms with E-state index in [0.717, 1.165) is 0 Å². The van der Waals surface area contributed by atoms with Crippen LogP contribution in [0, 0.1) is 0 Å². The molecule has 1 aromatic rings. The van der Waals surface area contributed by atoms with Gasteiger partial charge in [-0.2, -0.15) is 0 Å². The maximum Gasteiger partial charge on any atom is 0.342 e. The Kier molecular flexibility index (Phi) is 2.76. The Balaban J connectivity index is 2.80. The van der Waals surface area contributed by atoms with E-state index in [9.17, 15) is 9.90 Å². The Bertz CT molecular complexity index is 341.